The number of imidazole rings is 1. The number of aliphatic carboxylic acids is 1. The SMILES string of the molecule is COC(=O)N1C2=C(CC[C@@H]1C)c1nc(C(C)Cc3ccc(F)c(F)c3)n(C3CCCC(C(=O)O)C3)c1CC2C. The van der Waals surface area contributed by atoms with E-state index in [1.807, 2.05) is 13.8 Å². The summed E-state index contributed by atoms with van der Waals surface area (Å²) in [6, 6.07) is 4.00. The van der Waals surface area contributed by atoms with Crippen molar-refractivity contribution in [3.8, 4) is 0 Å². The minimum Gasteiger partial charge on any atom is -0.481 e. The zero-order valence-corrected chi connectivity index (χ0v) is 23.0. The maximum Gasteiger partial charge on any atom is 0.414 e. The molecule has 1 N–H and O–H groups in total. The predicted octanol–water partition coefficient (Wildman–Crippen LogP) is 6.48. The molecule has 7 nitrogen and oxygen atoms in total. The van der Waals surface area contributed by atoms with Gasteiger partial charge < -0.3 is 14.4 Å². The van der Waals surface area contributed by atoms with Crippen LogP contribution in [0.2, 0.25) is 0 Å². The lowest BCUT2D eigenvalue weighted by Gasteiger charge is -2.41. The summed E-state index contributed by atoms with van der Waals surface area (Å²) in [7, 11) is 1.40. The lowest BCUT2D eigenvalue weighted by molar-refractivity contribution is -0.143. The Labute approximate surface area is 227 Å². The molecule has 9 heteroatoms. The second-order valence-electron chi connectivity index (χ2n) is 11.5. The Bertz CT molecular complexity index is 1320. The van der Waals surface area contributed by atoms with Crippen LogP contribution >= 0.6 is 0 Å². The molecule has 1 amide bonds. The molecule has 3 aliphatic rings. The average molecular weight is 542 g/mol. The lowest BCUT2D eigenvalue weighted by Crippen LogP contribution is -2.44. The van der Waals surface area contributed by atoms with E-state index in [4.69, 9.17) is 9.72 Å². The molecule has 4 unspecified atom stereocenters. The van der Waals surface area contributed by atoms with E-state index in [-0.39, 0.29) is 30.0 Å². The van der Waals surface area contributed by atoms with E-state index in [1.165, 1.54) is 13.2 Å². The Morgan fingerprint density at radius 2 is 1.95 bits per heavy atom. The number of ether oxygens (including phenoxy) is 1. The van der Waals surface area contributed by atoms with Crippen LogP contribution in [-0.2, 0) is 22.4 Å². The normalized spacial score (nSPS) is 25.6. The first kappa shape index (κ1) is 27.3. The van der Waals surface area contributed by atoms with E-state index in [1.54, 1.807) is 11.0 Å². The fraction of sp³-hybridized carbons (Fsp3) is 0.567. The monoisotopic (exact) mass is 541 g/mol. The summed E-state index contributed by atoms with van der Waals surface area (Å²) in [5.41, 5.74) is 4.66. The Balaban J connectivity index is 1.62. The van der Waals surface area contributed by atoms with Crippen molar-refractivity contribution >= 4 is 17.6 Å². The first-order valence-corrected chi connectivity index (χ1v) is 14.0. The van der Waals surface area contributed by atoms with Crippen LogP contribution in [-0.4, -0.2) is 44.8 Å². The highest BCUT2D eigenvalue weighted by atomic mass is 19.2. The Morgan fingerprint density at radius 3 is 2.64 bits per heavy atom. The number of halogens is 2. The van der Waals surface area contributed by atoms with Crippen molar-refractivity contribution in [2.75, 3.05) is 7.11 Å². The number of hydrogen-bond donors (Lipinski definition) is 1. The molecule has 2 aliphatic carbocycles. The quantitative estimate of drug-likeness (QED) is 0.469. The molecule has 0 radical (unpaired) electrons. The molecule has 210 valence electrons. The zero-order valence-electron chi connectivity index (χ0n) is 23.0. The van der Waals surface area contributed by atoms with Gasteiger partial charge in [0.2, 0.25) is 0 Å². The van der Waals surface area contributed by atoms with Crippen LogP contribution in [0, 0.1) is 23.5 Å². The summed E-state index contributed by atoms with van der Waals surface area (Å²) in [5, 5.41) is 9.79. The molecule has 0 bridgehead atoms. The standard InChI is InChI=1S/C30H37F2N3O4/c1-16-13-25-26(22-10-8-18(3)34(27(16)22)30(38)39-4)33-28(17(2)12-19-9-11-23(31)24(32)14-19)35(25)21-7-5-6-20(15-21)29(36)37/h9,11,14,16-18,20-21H,5-8,10,12-13,15H2,1-4H3,(H,36,37)/t16?,17?,18-,20?,21?/m0/s1. The Hall–Kier alpha value is -3.23. The highest BCUT2D eigenvalue weighted by Gasteiger charge is 2.41. The molecule has 1 aromatic heterocycles. The highest BCUT2D eigenvalue weighted by Crippen LogP contribution is 2.46. The Kier molecular flexibility index (Phi) is 7.53. The molecule has 2 aromatic rings. The highest BCUT2D eigenvalue weighted by molar-refractivity contribution is 5.79. The topological polar surface area (TPSA) is 84.7 Å². The fourth-order valence-electron chi connectivity index (χ4n) is 6.94. The number of rotatable bonds is 5. The number of amides is 1. The van der Waals surface area contributed by atoms with Gasteiger partial charge in [0.05, 0.1) is 18.7 Å². The van der Waals surface area contributed by atoms with Gasteiger partial charge in [-0.3, -0.25) is 9.69 Å². The number of aromatic nitrogens is 2. The third-order valence-corrected chi connectivity index (χ3v) is 8.81. The second-order valence-corrected chi connectivity index (χ2v) is 11.5. The van der Waals surface area contributed by atoms with Gasteiger partial charge in [0, 0.05) is 35.3 Å². The van der Waals surface area contributed by atoms with E-state index in [0.717, 1.165) is 60.2 Å². The molecule has 1 aliphatic heterocycles. The van der Waals surface area contributed by atoms with E-state index in [2.05, 4.69) is 11.5 Å². The van der Waals surface area contributed by atoms with Crippen LogP contribution in [0.1, 0.15) is 94.0 Å². The first-order chi connectivity index (χ1) is 18.6. The van der Waals surface area contributed by atoms with Crippen LogP contribution in [0.3, 0.4) is 0 Å². The van der Waals surface area contributed by atoms with Gasteiger partial charge in [-0.15, -0.1) is 0 Å². The number of carboxylic acid groups (broad SMARTS) is 1. The summed E-state index contributed by atoms with van der Waals surface area (Å²) in [6.07, 6.45) is 5.24. The molecule has 0 saturated heterocycles. The molecular formula is C30H37F2N3O4. The van der Waals surface area contributed by atoms with Gasteiger partial charge >= 0.3 is 12.1 Å². The zero-order chi connectivity index (χ0) is 28.0. The minimum absolute atomic E-state index is 0.00733. The molecule has 1 fully saturated rings. The van der Waals surface area contributed by atoms with Crippen molar-refractivity contribution in [2.24, 2.45) is 11.8 Å². The number of methoxy groups -OCH3 is 1. The van der Waals surface area contributed by atoms with Crippen LogP contribution < -0.4 is 0 Å². The maximum atomic E-state index is 14.0. The van der Waals surface area contributed by atoms with Gasteiger partial charge in [-0.25, -0.2) is 18.6 Å². The average Bonchev–Trinajstić information content (AvgIpc) is 3.30. The van der Waals surface area contributed by atoms with E-state index in [0.29, 0.717) is 31.2 Å². The number of allylic oxidation sites excluding steroid dienone is 2. The van der Waals surface area contributed by atoms with Gasteiger partial charge in [0.15, 0.2) is 11.6 Å². The summed E-state index contributed by atoms with van der Waals surface area (Å²) in [4.78, 5) is 31.7. The fourth-order valence-corrected chi connectivity index (χ4v) is 6.94. The second kappa shape index (κ2) is 10.7. The number of fused-ring (bicyclic) bond motifs is 2. The van der Waals surface area contributed by atoms with Crippen molar-refractivity contribution in [1.82, 2.24) is 14.5 Å². The smallest absolute Gasteiger partial charge is 0.414 e. The van der Waals surface area contributed by atoms with Crippen molar-refractivity contribution < 1.29 is 28.2 Å². The third-order valence-electron chi connectivity index (χ3n) is 8.81. The van der Waals surface area contributed by atoms with Gasteiger partial charge in [-0.2, -0.15) is 0 Å². The Morgan fingerprint density at radius 1 is 1.18 bits per heavy atom. The van der Waals surface area contributed by atoms with Crippen LogP contribution in [0.15, 0.2) is 23.9 Å². The molecule has 5 atom stereocenters. The first-order valence-electron chi connectivity index (χ1n) is 14.0. The molecule has 1 saturated carbocycles. The van der Waals surface area contributed by atoms with Crippen LogP contribution in [0.5, 0.6) is 0 Å². The molecular weight excluding hydrogens is 504 g/mol. The van der Waals surface area contributed by atoms with E-state index >= 15 is 0 Å². The number of carbonyl (C=O) groups excluding carboxylic acids is 1. The number of nitrogens with zero attached hydrogens (tertiary/aromatic N) is 3. The van der Waals surface area contributed by atoms with Gasteiger partial charge in [-0.1, -0.05) is 26.3 Å². The van der Waals surface area contributed by atoms with E-state index in [9.17, 15) is 23.5 Å². The van der Waals surface area contributed by atoms with Crippen molar-refractivity contribution in [1.29, 1.82) is 0 Å². The summed E-state index contributed by atoms with van der Waals surface area (Å²) in [5.74, 6) is -2.15. The molecule has 1 aromatic carbocycles. The largest absolute Gasteiger partial charge is 0.481 e. The van der Waals surface area contributed by atoms with E-state index < -0.39 is 23.5 Å². The lowest BCUT2D eigenvalue weighted by atomic mass is 9.81. The third kappa shape index (κ3) is 4.96. The molecule has 5 rings (SSSR count). The summed E-state index contributed by atoms with van der Waals surface area (Å²) >= 11 is 0. The minimum atomic E-state index is -0.875. The van der Waals surface area contributed by atoms with Crippen LogP contribution in [0.4, 0.5) is 13.6 Å². The summed E-state index contributed by atoms with van der Waals surface area (Å²) < 4.78 is 35.0. The van der Waals surface area contributed by atoms with Crippen molar-refractivity contribution in [3.05, 3.63) is 58.3 Å². The van der Waals surface area contributed by atoms with Crippen LogP contribution in [0.25, 0.3) is 5.57 Å². The number of benzene rings is 1. The number of carbonyl (C=O) groups is 2. The van der Waals surface area contributed by atoms with Crippen molar-refractivity contribution in [3.63, 3.8) is 0 Å². The van der Waals surface area contributed by atoms with Gasteiger partial charge in [-0.05, 0) is 75.1 Å². The van der Waals surface area contributed by atoms with Gasteiger partial charge in [0.25, 0.3) is 0 Å². The molecule has 0 spiro atoms. The summed E-state index contributed by atoms with van der Waals surface area (Å²) in [6.45, 7) is 6.19. The number of carboxylic acids is 1. The van der Waals surface area contributed by atoms with Crippen molar-refractivity contribution in [2.45, 2.75) is 90.1 Å². The predicted molar refractivity (Wildman–Crippen MR) is 142 cm³/mol. The molecule has 39 heavy (non-hydrogen) atoms. The maximum absolute atomic E-state index is 14.0. The molecule has 2 heterocycles. The van der Waals surface area contributed by atoms with Gasteiger partial charge in [0.1, 0.15) is 5.82 Å². The number of hydrogen-bond acceptors (Lipinski definition) is 4.